The van der Waals surface area contributed by atoms with Gasteiger partial charge in [0.1, 0.15) is 0 Å². The van der Waals surface area contributed by atoms with E-state index in [9.17, 15) is 0 Å². The lowest BCUT2D eigenvalue weighted by molar-refractivity contribution is 0.197. The van der Waals surface area contributed by atoms with E-state index in [2.05, 4.69) is 51.1 Å². The number of benzene rings is 1. The first-order valence-electron chi connectivity index (χ1n) is 6.64. The first-order valence-corrected chi connectivity index (χ1v) is 6.64. The molecule has 1 fully saturated rings. The van der Waals surface area contributed by atoms with Crippen molar-refractivity contribution in [3.63, 3.8) is 0 Å². The molecular formula is C16H23. The molecule has 0 aromatic heterocycles. The van der Waals surface area contributed by atoms with E-state index in [1.165, 1.54) is 24.8 Å². The molecule has 0 amide bonds. The molecule has 0 saturated heterocycles. The van der Waals surface area contributed by atoms with Crippen molar-refractivity contribution < 1.29 is 0 Å². The van der Waals surface area contributed by atoms with Gasteiger partial charge in [0.2, 0.25) is 0 Å². The van der Waals surface area contributed by atoms with Gasteiger partial charge in [-0.3, -0.25) is 0 Å². The van der Waals surface area contributed by atoms with E-state index >= 15 is 0 Å². The molecule has 3 unspecified atom stereocenters. The summed E-state index contributed by atoms with van der Waals surface area (Å²) in [6.45, 7) is 7.16. The van der Waals surface area contributed by atoms with Crippen LogP contribution >= 0.6 is 0 Å². The second kappa shape index (κ2) is 5.03. The van der Waals surface area contributed by atoms with Crippen molar-refractivity contribution in [3.05, 3.63) is 35.9 Å². The quantitative estimate of drug-likeness (QED) is 0.673. The Hall–Kier alpha value is -0.780. The van der Waals surface area contributed by atoms with E-state index < -0.39 is 0 Å². The maximum Gasteiger partial charge on any atom is -0.0129 e. The lowest BCUT2D eigenvalue weighted by Crippen LogP contribution is -2.26. The molecule has 3 atom stereocenters. The van der Waals surface area contributed by atoms with Crippen molar-refractivity contribution in [2.45, 2.75) is 46.0 Å². The van der Waals surface area contributed by atoms with Crippen LogP contribution in [0.4, 0.5) is 0 Å². The van der Waals surface area contributed by atoms with Gasteiger partial charge in [0.05, 0.1) is 0 Å². The summed E-state index contributed by atoms with van der Waals surface area (Å²) in [6.07, 6.45) is 4.19. The number of hydrogen-bond donors (Lipinski definition) is 0. The Morgan fingerprint density at radius 1 is 1.19 bits per heavy atom. The fourth-order valence-corrected chi connectivity index (χ4v) is 3.23. The molecule has 1 aliphatic carbocycles. The summed E-state index contributed by atoms with van der Waals surface area (Å²) in [5.41, 5.74) is 1.53. The van der Waals surface area contributed by atoms with Crippen LogP contribution in [0.2, 0.25) is 0 Å². The molecule has 0 spiro atoms. The smallest absolute Gasteiger partial charge is 0.0129 e. The average Bonchev–Trinajstić information content (AvgIpc) is 2.29. The average molecular weight is 215 g/mol. The summed E-state index contributed by atoms with van der Waals surface area (Å²) in [7, 11) is 0. The maximum atomic E-state index is 3.13. The molecule has 0 heterocycles. The molecule has 1 aliphatic rings. The lowest BCUT2D eigenvalue weighted by atomic mass is 9.68. The monoisotopic (exact) mass is 215 g/mol. The van der Waals surface area contributed by atoms with Gasteiger partial charge in [0, 0.05) is 0 Å². The third-order valence-electron chi connectivity index (χ3n) is 4.19. The zero-order valence-corrected chi connectivity index (χ0v) is 10.7. The molecule has 0 nitrogen and oxygen atoms in total. The van der Waals surface area contributed by atoms with Crippen molar-refractivity contribution in [2.75, 3.05) is 0 Å². The normalized spacial score (nSPS) is 30.6. The second-order valence-corrected chi connectivity index (χ2v) is 5.77. The number of hydrogen-bond acceptors (Lipinski definition) is 0. The fraction of sp³-hybridized carbons (Fsp3) is 0.625. The van der Waals surface area contributed by atoms with Crippen LogP contribution < -0.4 is 0 Å². The van der Waals surface area contributed by atoms with Crippen LogP contribution in [-0.2, 0) is 0 Å². The van der Waals surface area contributed by atoms with Gasteiger partial charge < -0.3 is 0 Å². The molecule has 16 heavy (non-hydrogen) atoms. The molecule has 0 bridgehead atoms. The fourth-order valence-electron chi connectivity index (χ4n) is 3.23. The van der Waals surface area contributed by atoms with E-state index in [0.29, 0.717) is 0 Å². The topological polar surface area (TPSA) is 0 Å². The zero-order valence-electron chi connectivity index (χ0n) is 10.7. The van der Waals surface area contributed by atoms with Gasteiger partial charge in [0.15, 0.2) is 0 Å². The van der Waals surface area contributed by atoms with Crippen LogP contribution in [0.1, 0.15) is 51.5 Å². The van der Waals surface area contributed by atoms with E-state index in [1.807, 2.05) is 0 Å². The van der Waals surface area contributed by atoms with Gasteiger partial charge in [-0.05, 0) is 48.1 Å². The van der Waals surface area contributed by atoms with Gasteiger partial charge in [-0.25, -0.2) is 0 Å². The van der Waals surface area contributed by atoms with Gasteiger partial charge in [-0.2, -0.15) is 0 Å². The third-order valence-corrected chi connectivity index (χ3v) is 4.19. The standard InChI is InChI=1S/C16H23/c1-12(2)15-10-9-13(3)11-16(15)14-7-5-4-6-8-14/h5-8,12-13,15-16H,9-11H2,1-3H3. The predicted octanol–water partition coefficient (Wildman–Crippen LogP) is 4.66. The molecule has 1 radical (unpaired) electrons. The Balaban J connectivity index is 2.21. The Labute approximate surface area is 100 Å². The minimum Gasteiger partial charge on any atom is -0.0625 e. The molecule has 0 N–H and O–H groups in total. The van der Waals surface area contributed by atoms with Crippen LogP contribution in [0.25, 0.3) is 0 Å². The van der Waals surface area contributed by atoms with Gasteiger partial charge in [-0.15, -0.1) is 0 Å². The SMILES string of the molecule is CC1CCC(C(C)C)C(c2cc[c]cc2)C1. The van der Waals surface area contributed by atoms with E-state index in [0.717, 1.165) is 23.7 Å². The Bertz CT molecular complexity index is 312. The molecule has 1 aromatic rings. The van der Waals surface area contributed by atoms with Crippen LogP contribution in [0, 0.1) is 23.8 Å². The largest absolute Gasteiger partial charge is 0.0625 e. The molecular weight excluding hydrogens is 192 g/mol. The minimum absolute atomic E-state index is 0.776. The van der Waals surface area contributed by atoms with Crippen LogP contribution in [-0.4, -0.2) is 0 Å². The van der Waals surface area contributed by atoms with Gasteiger partial charge >= 0.3 is 0 Å². The van der Waals surface area contributed by atoms with Gasteiger partial charge in [0.25, 0.3) is 0 Å². The second-order valence-electron chi connectivity index (χ2n) is 5.77. The van der Waals surface area contributed by atoms with Crippen LogP contribution in [0.15, 0.2) is 24.3 Å². The summed E-state index contributed by atoms with van der Waals surface area (Å²) >= 11 is 0. The summed E-state index contributed by atoms with van der Waals surface area (Å²) in [5, 5.41) is 0. The lowest BCUT2D eigenvalue weighted by Gasteiger charge is -2.37. The van der Waals surface area contributed by atoms with Crippen molar-refractivity contribution in [2.24, 2.45) is 17.8 Å². The third kappa shape index (κ3) is 2.48. The van der Waals surface area contributed by atoms with Gasteiger partial charge in [-0.1, -0.05) is 51.5 Å². The molecule has 2 rings (SSSR count). The predicted molar refractivity (Wildman–Crippen MR) is 69.4 cm³/mol. The first kappa shape index (κ1) is 11.7. The Kier molecular flexibility index (Phi) is 3.68. The van der Waals surface area contributed by atoms with E-state index in [4.69, 9.17) is 0 Å². The highest BCUT2D eigenvalue weighted by molar-refractivity contribution is 5.20. The molecule has 0 heteroatoms. The molecule has 0 aliphatic heterocycles. The maximum absolute atomic E-state index is 3.13. The Morgan fingerprint density at radius 3 is 2.50 bits per heavy atom. The van der Waals surface area contributed by atoms with Crippen molar-refractivity contribution in [3.8, 4) is 0 Å². The van der Waals surface area contributed by atoms with E-state index in [-0.39, 0.29) is 0 Å². The van der Waals surface area contributed by atoms with Crippen molar-refractivity contribution >= 4 is 0 Å². The highest BCUT2D eigenvalue weighted by atomic mass is 14.4. The van der Waals surface area contributed by atoms with Crippen LogP contribution in [0.5, 0.6) is 0 Å². The van der Waals surface area contributed by atoms with Crippen molar-refractivity contribution in [1.82, 2.24) is 0 Å². The van der Waals surface area contributed by atoms with Crippen molar-refractivity contribution in [1.29, 1.82) is 0 Å². The summed E-state index contributed by atoms with van der Waals surface area (Å²) in [5.74, 6) is 3.35. The first-order chi connectivity index (χ1) is 7.68. The molecule has 1 aromatic carbocycles. The summed E-state index contributed by atoms with van der Waals surface area (Å²) < 4.78 is 0. The Morgan fingerprint density at radius 2 is 1.88 bits per heavy atom. The summed E-state index contributed by atoms with van der Waals surface area (Å²) in [4.78, 5) is 0. The highest BCUT2D eigenvalue weighted by Gasteiger charge is 2.31. The van der Waals surface area contributed by atoms with E-state index in [1.54, 1.807) is 0 Å². The van der Waals surface area contributed by atoms with Crippen LogP contribution in [0.3, 0.4) is 0 Å². The molecule has 1 saturated carbocycles. The zero-order chi connectivity index (χ0) is 11.5. The minimum atomic E-state index is 0.776. The highest BCUT2D eigenvalue weighted by Crippen LogP contribution is 2.43. The molecule has 87 valence electrons. The summed E-state index contributed by atoms with van der Waals surface area (Å²) in [6, 6.07) is 11.8. The number of rotatable bonds is 2.